The molecule has 1 nitrogen and oxygen atoms in total. The van der Waals surface area contributed by atoms with Gasteiger partial charge in [0.1, 0.15) is 5.83 Å². The molecule has 19 heavy (non-hydrogen) atoms. The molecule has 2 aliphatic rings. The van der Waals surface area contributed by atoms with E-state index in [4.69, 9.17) is 0 Å². The molecule has 2 rings (SSSR count). The lowest BCUT2D eigenvalue weighted by atomic mass is 10.2. The Kier molecular flexibility index (Phi) is 5.97. The molecule has 0 amide bonds. The molecule has 1 fully saturated rings. The number of allylic oxidation sites excluding steroid dienone is 4. The highest BCUT2D eigenvalue weighted by atomic mass is 19.4. The van der Waals surface area contributed by atoms with E-state index in [9.17, 15) is 22.0 Å². The van der Waals surface area contributed by atoms with Crippen LogP contribution in [0.15, 0.2) is 23.8 Å². The third-order valence-corrected chi connectivity index (χ3v) is 2.96. The molecule has 0 radical (unpaired) electrons. The molecule has 1 heterocycles. The van der Waals surface area contributed by atoms with Gasteiger partial charge < -0.3 is 0 Å². The average molecular weight is 283 g/mol. The molecule has 0 aromatic carbocycles. The van der Waals surface area contributed by atoms with Gasteiger partial charge in [0.05, 0.1) is 6.54 Å². The van der Waals surface area contributed by atoms with Crippen LogP contribution < -0.4 is 0 Å². The lowest BCUT2D eigenvalue weighted by molar-refractivity contribution is -0.143. The number of alkyl halides is 3. The fourth-order valence-electron chi connectivity index (χ4n) is 2.03. The summed E-state index contributed by atoms with van der Waals surface area (Å²) in [5.74, 6) is -0.902. The van der Waals surface area contributed by atoms with Gasteiger partial charge in [-0.05, 0) is 31.4 Å². The average Bonchev–Trinajstić information content (AvgIpc) is 2.67. The number of rotatable bonds is 1. The van der Waals surface area contributed by atoms with Crippen molar-refractivity contribution in [3.05, 3.63) is 23.8 Å². The fraction of sp³-hybridized carbons (Fsp3) is 0.692. The zero-order valence-corrected chi connectivity index (χ0v) is 10.8. The van der Waals surface area contributed by atoms with Crippen LogP contribution in [0.1, 0.15) is 26.2 Å². The maximum absolute atomic E-state index is 12.0. The summed E-state index contributed by atoms with van der Waals surface area (Å²) in [5, 5.41) is 0. The Labute approximate surface area is 109 Å². The van der Waals surface area contributed by atoms with Crippen LogP contribution in [0.5, 0.6) is 0 Å². The van der Waals surface area contributed by atoms with Crippen molar-refractivity contribution in [1.82, 2.24) is 4.90 Å². The smallest absolute Gasteiger partial charge is 0.295 e. The van der Waals surface area contributed by atoms with Crippen LogP contribution in [0.2, 0.25) is 0 Å². The molecule has 0 spiro atoms. The van der Waals surface area contributed by atoms with Crippen molar-refractivity contribution in [1.29, 1.82) is 0 Å². The van der Waals surface area contributed by atoms with Gasteiger partial charge in [-0.25, -0.2) is 8.78 Å². The van der Waals surface area contributed by atoms with E-state index in [2.05, 4.69) is 0 Å². The molecular weight excluding hydrogens is 265 g/mol. The van der Waals surface area contributed by atoms with Gasteiger partial charge >= 0.3 is 6.18 Å². The number of likely N-dealkylation sites (tertiary alicyclic amines) is 1. The van der Waals surface area contributed by atoms with Crippen molar-refractivity contribution < 1.29 is 22.0 Å². The van der Waals surface area contributed by atoms with E-state index in [0.717, 1.165) is 6.42 Å². The number of hydrogen-bond donors (Lipinski definition) is 0. The van der Waals surface area contributed by atoms with Crippen molar-refractivity contribution in [3.8, 4) is 0 Å². The van der Waals surface area contributed by atoms with Crippen LogP contribution in [-0.4, -0.2) is 30.7 Å². The zero-order chi connectivity index (χ0) is 14.5. The Bertz CT molecular complexity index is 345. The molecule has 0 saturated carbocycles. The molecule has 1 saturated heterocycles. The largest absolute Gasteiger partial charge is 0.401 e. The van der Waals surface area contributed by atoms with Gasteiger partial charge in [-0.2, -0.15) is 13.2 Å². The first kappa shape index (κ1) is 16.1. The summed E-state index contributed by atoms with van der Waals surface area (Å²) in [7, 11) is 0. The molecule has 0 N–H and O–H groups in total. The topological polar surface area (TPSA) is 3.24 Å². The lowest BCUT2D eigenvalue weighted by Gasteiger charge is -2.16. The summed E-state index contributed by atoms with van der Waals surface area (Å²) < 4.78 is 59.4. The predicted octanol–water partition coefficient (Wildman–Crippen LogP) is 4.38. The number of hydrogen-bond acceptors (Lipinski definition) is 1. The van der Waals surface area contributed by atoms with Crippen molar-refractivity contribution >= 4 is 0 Å². The normalized spacial score (nSPS) is 24.4. The van der Waals surface area contributed by atoms with Crippen molar-refractivity contribution in [2.24, 2.45) is 5.92 Å². The highest BCUT2D eigenvalue weighted by Gasteiger charge is 2.33. The van der Waals surface area contributed by atoms with Gasteiger partial charge in [0.25, 0.3) is 0 Å². The van der Waals surface area contributed by atoms with E-state index in [1.54, 1.807) is 6.08 Å². The number of nitrogens with zero attached hydrogens (tertiary/aromatic N) is 1. The highest BCUT2D eigenvalue weighted by molar-refractivity contribution is 5.19. The molecular formula is C13H18F5N. The minimum absolute atomic E-state index is 0.225. The third kappa shape index (κ3) is 6.71. The van der Waals surface area contributed by atoms with Gasteiger partial charge in [-0.1, -0.05) is 13.0 Å². The Morgan fingerprint density at radius 1 is 1.32 bits per heavy atom. The minimum Gasteiger partial charge on any atom is -0.295 e. The van der Waals surface area contributed by atoms with Crippen molar-refractivity contribution in [2.45, 2.75) is 32.4 Å². The summed E-state index contributed by atoms with van der Waals surface area (Å²) in [6, 6.07) is 0. The molecule has 1 aliphatic carbocycles. The standard InChI is InChI=1S/C7H12F3N.C6H6F2/c1-6-2-3-11(4-6)5-7(8,9)10;7-5-3-1-2-4-6(5)8/h6H,2-5H2,1H3;1,3H,2,4H2. The Morgan fingerprint density at radius 2 is 2.00 bits per heavy atom. The van der Waals surface area contributed by atoms with Crippen LogP contribution in [0.25, 0.3) is 0 Å². The second-order valence-electron chi connectivity index (χ2n) is 4.94. The number of halogens is 5. The Morgan fingerprint density at radius 3 is 2.37 bits per heavy atom. The zero-order valence-electron chi connectivity index (χ0n) is 10.8. The van der Waals surface area contributed by atoms with Crippen LogP contribution in [0.4, 0.5) is 22.0 Å². The van der Waals surface area contributed by atoms with E-state index in [1.165, 1.54) is 11.0 Å². The van der Waals surface area contributed by atoms with Gasteiger partial charge in [0, 0.05) is 13.0 Å². The summed E-state index contributed by atoms with van der Waals surface area (Å²) in [5.41, 5.74) is 0. The predicted molar refractivity (Wildman–Crippen MR) is 63.9 cm³/mol. The van der Waals surface area contributed by atoms with Crippen molar-refractivity contribution in [3.63, 3.8) is 0 Å². The first-order chi connectivity index (χ1) is 8.78. The van der Waals surface area contributed by atoms with E-state index < -0.39 is 24.4 Å². The summed E-state index contributed by atoms with van der Waals surface area (Å²) in [6.07, 6.45) is 0.513. The van der Waals surface area contributed by atoms with E-state index in [-0.39, 0.29) is 6.42 Å². The van der Waals surface area contributed by atoms with Crippen LogP contribution >= 0.6 is 0 Å². The second kappa shape index (κ2) is 7.03. The molecule has 1 aliphatic heterocycles. The molecule has 6 heteroatoms. The van der Waals surface area contributed by atoms with Gasteiger partial charge in [-0.3, -0.25) is 4.90 Å². The molecule has 1 atom stereocenters. The third-order valence-electron chi connectivity index (χ3n) is 2.96. The van der Waals surface area contributed by atoms with E-state index >= 15 is 0 Å². The maximum Gasteiger partial charge on any atom is 0.401 e. The molecule has 0 bridgehead atoms. The van der Waals surface area contributed by atoms with Crippen LogP contribution in [0, 0.1) is 5.92 Å². The lowest BCUT2D eigenvalue weighted by Crippen LogP contribution is -2.32. The van der Waals surface area contributed by atoms with Crippen LogP contribution in [-0.2, 0) is 0 Å². The van der Waals surface area contributed by atoms with E-state index in [1.807, 2.05) is 6.92 Å². The van der Waals surface area contributed by atoms with Crippen molar-refractivity contribution in [2.75, 3.05) is 19.6 Å². The van der Waals surface area contributed by atoms with Gasteiger partial charge in [0.2, 0.25) is 0 Å². The van der Waals surface area contributed by atoms with Gasteiger partial charge in [0.15, 0.2) is 5.83 Å². The Hall–Kier alpha value is -0.910. The molecule has 1 unspecified atom stereocenters. The molecule has 110 valence electrons. The van der Waals surface area contributed by atoms with Gasteiger partial charge in [-0.15, -0.1) is 0 Å². The quantitative estimate of drug-likeness (QED) is 0.646. The Balaban J connectivity index is 0.000000200. The second-order valence-corrected chi connectivity index (χ2v) is 4.94. The minimum atomic E-state index is -4.02. The summed E-state index contributed by atoms with van der Waals surface area (Å²) in [4.78, 5) is 1.46. The first-order valence-electron chi connectivity index (χ1n) is 6.27. The monoisotopic (exact) mass is 283 g/mol. The fourth-order valence-corrected chi connectivity index (χ4v) is 2.03. The summed E-state index contributed by atoms with van der Waals surface area (Å²) >= 11 is 0. The summed E-state index contributed by atoms with van der Waals surface area (Å²) in [6.45, 7) is 2.44. The molecule has 0 aromatic heterocycles. The highest BCUT2D eigenvalue weighted by Crippen LogP contribution is 2.22. The van der Waals surface area contributed by atoms with Crippen LogP contribution in [0.3, 0.4) is 0 Å². The first-order valence-corrected chi connectivity index (χ1v) is 6.27. The molecule has 0 aromatic rings. The van der Waals surface area contributed by atoms with E-state index in [0.29, 0.717) is 25.4 Å². The SMILES string of the molecule is CC1CCN(CC(F)(F)F)C1.FC1=C(F)CCC=C1. The maximum atomic E-state index is 12.0.